The van der Waals surface area contributed by atoms with Gasteiger partial charge >= 0.3 is 0 Å². The van der Waals surface area contributed by atoms with Gasteiger partial charge in [0.25, 0.3) is 0 Å². The Labute approximate surface area is 66.9 Å². The summed E-state index contributed by atoms with van der Waals surface area (Å²) in [5.74, 6) is 0. The number of hydrogen-bond acceptors (Lipinski definition) is 0. The molecule has 0 spiro atoms. The van der Waals surface area contributed by atoms with Gasteiger partial charge in [0, 0.05) is 0 Å². The van der Waals surface area contributed by atoms with Crippen molar-refractivity contribution in [1.82, 2.24) is 0 Å². The van der Waals surface area contributed by atoms with Gasteiger partial charge in [0.15, 0.2) is 0 Å². The van der Waals surface area contributed by atoms with Crippen LogP contribution in [-0.2, 0) is 0 Å². The SMILES string of the molecule is CCC=C(CC)PCCC. The van der Waals surface area contributed by atoms with Crippen molar-refractivity contribution in [2.24, 2.45) is 0 Å². The van der Waals surface area contributed by atoms with Crippen LogP contribution in [-0.4, -0.2) is 6.16 Å². The van der Waals surface area contributed by atoms with E-state index in [0.717, 1.165) is 8.58 Å². The average molecular weight is 158 g/mol. The molecule has 0 aliphatic carbocycles. The van der Waals surface area contributed by atoms with Crippen LogP contribution in [0.2, 0.25) is 0 Å². The Morgan fingerprint density at radius 3 is 2.40 bits per heavy atom. The van der Waals surface area contributed by atoms with Crippen LogP contribution >= 0.6 is 8.58 Å². The van der Waals surface area contributed by atoms with E-state index < -0.39 is 0 Å². The number of rotatable bonds is 5. The van der Waals surface area contributed by atoms with Gasteiger partial charge in [0.1, 0.15) is 0 Å². The monoisotopic (exact) mass is 158 g/mol. The Morgan fingerprint density at radius 1 is 1.30 bits per heavy atom. The molecular weight excluding hydrogens is 139 g/mol. The second-order valence-electron chi connectivity index (χ2n) is 2.42. The van der Waals surface area contributed by atoms with Gasteiger partial charge in [-0.3, -0.25) is 0 Å². The molecule has 0 N–H and O–H groups in total. The third-order valence-electron chi connectivity index (χ3n) is 1.43. The summed E-state index contributed by atoms with van der Waals surface area (Å²) in [6, 6.07) is 0. The van der Waals surface area contributed by atoms with E-state index in [1.54, 1.807) is 5.31 Å². The fraction of sp³-hybridized carbons (Fsp3) is 0.778. The minimum Gasteiger partial charge on any atom is -0.0952 e. The molecule has 0 heterocycles. The van der Waals surface area contributed by atoms with Crippen LogP contribution in [0.15, 0.2) is 11.4 Å². The van der Waals surface area contributed by atoms with Crippen LogP contribution in [0.4, 0.5) is 0 Å². The van der Waals surface area contributed by atoms with Gasteiger partial charge in [-0.05, 0) is 19.0 Å². The topological polar surface area (TPSA) is 0 Å². The molecule has 1 unspecified atom stereocenters. The van der Waals surface area contributed by atoms with Crippen molar-refractivity contribution in [1.29, 1.82) is 0 Å². The molecule has 1 atom stereocenters. The lowest BCUT2D eigenvalue weighted by atomic mass is 10.3. The summed E-state index contributed by atoms with van der Waals surface area (Å²) in [6.45, 7) is 6.72. The van der Waals surface area contributed by atoms with Crippen molar-refractivity contribution in [3.63, 3.8) is 0 Å². The Balaban J connectivity index is 3.49. The Morgan fingerprint density at radius 2 is 2.00 bits per heavy atom. The van der Waals surface area contributed by atoms with Gasteiger partial charge in [-0.1, -0.05) is 47.2 Å². The van der Waals surface area contributed by atoms with E-state index in [4.69, 9.17) is 0 Å². The maximum atomic E-state index is 2.38. The summed E-state index contributed by atoms with van der Waals surface area (Å²) in [4.78, 5) is 0. The largest absolute Gasteiger partial charge is 0.0952 e. The first-order valence-electron chi connectivity index (χ1n) is 4.28. The molecule has 0 aromatic heterocycles. The van der Waals surface area contributed by atoms with Gasteiger partial charge in [0.05, 0.1) is 0 Å². The van der Waals surface area contributed by atoms with E-state index in [9.17, 15) is 0 Å². The standard InChI is InChI=1S/C9H19P/c1-4-7-9(6-3)10-8-5-2/h7,10H,4-6,8H2,1-3H3. The normalized spacial score (nSPS) is 13.3. The third kappa shape index (κ3) is 4.99. The maximum absolute atomic E-state index is 2.38. The zero-order chi connectivity index (χ0) is 7.82. The van der Waals surface area contributed by atoms with E-state index >= 15 is 0 Å². The van der Waals surface area contributed by atoms with E-state index in [1.165, 1.54) is 25.4 Å². The molecule has 0 aromatic rings. The van der Waals surface area contributed by atoms with Gasteiger partial charge in [0.2, 0.25) is 0 Å². The predicted octanol–water partition coefficient (Wildman–Crippen LogP) is 3.78. The molecule has 0 fully saturated rings. The molecule has 0 aliphatic heterocycles. The number of hydrogen-bond donors (Lipinski definition) is 0. The smallest absolute Gasteiger partial charge is 0.0309 e. The molecule has 60 valence electrons. The van der Waals surface area contributed by atoms with Gasteiger partial charge in [-0.15, -0.1) is 0 Å². The summed E-state index contributed by atoms with van der Waals surface area (Å²) in [5, 5.41) is 1.67. The molecule has 0 amide bonds. The first-order valence-corrected chi connectivity index (χ1v) is 5.48. The zero-order valence-corrected chi connectivity index (χ0v) is 8.41. The molecule has 0 radical (unpaired) electrons. The summed E-state index contributed by atoms with van der Waals surface area (Å²) in [7, 11) is 1.09. The highest BCUT2D eigenvalue weighted by Crippen LogP contribution is 2.26. The molecule has 0 saturated carbocycles. The fourth-order valence-electron chi connectivity index (χ4n) is 0.873. The van der Waals surface area contributed by atoms with E-state index in [2.05, 4.69) is 26.8 Å². The van der Waals surface area contributed by atoms with Crippen molar-refractivity contribution in [3.8, 4) is 0 Å². The molecule has 0 aliphatic rings. The van der Waals surface area contributed by atoms with Crippen LogP contribution in [0.1, 0.15) is 40.0 Å². The van der Waals surface area contributed by atoms with Crippen molar-refractivity contribution < 1.29 is 0 Å². The molecule has 0 saturated heterocycles. The van der Waals surface area contributed by atoms with Crippen LogP contribution < -0.4 is 0 Å². The highest BCUT2D eigenvalue weighted by atomic mass is 31.1. The zero-order valence-electron chi connectivity index (χ0n) is 7.41. The summed E-state index contributed by atoms with van der Waals surface area (Å²) < 4.78 is 0. The maximum Gasteiger partial charge on any atom is -0.0309 e. The molecule has 0 nitrogen and oxygen atoms in total. The average Bonchev–Trinajstić information content (AvgIpc) is 1.98. The summed E-state index contributed by atoms with van der Waals surface area (Å²) in [6.07, 6.45) is 7.57. The van der Waals surface area contributed by atoms with Crippen LogP contribution in [0, 0.1) is 0 Å². The van der Waals surface area contributed by atoms with Gasteiger partial charge in [-0.25, -0.2) is 0 Å². The molecule has 0 bridgehead atoms. The quantitative estimate of drug-likeness (QED) is 0.534. The minimum atomic E-state index is 1.09. The molecular formula is C9H19P. The summed E-state index contributed by atoms with van der Waals surface area (Å²) >= 11 is 0. The first kappa shape index (κ1) is 10.2. The third-order valence-corrected chi connectivity index (χ3v) is 3.20. The number of allylic oxidation sites excluding steroid dienone is 2. The van der Waals surface area contributed by atoms with E-state index in [-0.39, 0.29) is 0 Å². The molecule has 10 heavy (non-hydrogen) atoms. The van der Waals surface area contributed by atoms with E-state index in [0.29, 0.717) is 0 Å². The highest BCUT2D eigenvalue weighted by Gasteiger charge is 1.90. The van der Waals surface area contributed by atoms with Crippen molar-refractivity contribution in [2.75, 3.05) is 6.16 Å². The minimum absolute atomic E-state index is 1.09. The molecule has 0 rings (SSSR count). The van der Waals surface area contributed by atoms with Crippen molar-refractivity contribution in [3.05, 3.63) is 11.4 Å². The summed E-state index contributed by atoms with van der Waals surface area (Å²) in [5.41, 5.74) is 0. The Hall–Kier alpha value is 0.170. The first-order chi connectivity index (χ1) is 4.85. The lowest BCUT2D eigenvalue weighted by molar-refractivity contribution is 1.09. The van der Waals surface area contributed by atoms with Crippen molar-refractivity contribution >= 4 is 8.58 Å². The van der Waals surface area contributed by atoms with Crippen LogP contribution in [0.3, 0.4) is 0 Å². The van der Waals surface area contributed by atoms with Gasteiger partial charge in [-0.2, -0.15) is 0 Å². The predicted molar refractivity (Wildman–Crippen MR) is 52.1 cm³/mol. The lowest BCUT2D eigenvalue weighted by Gasteiger charge is -2.01. The fourth-order valence-corrected chi connectivity index (χ4v) is 2.04. The lowest BCUT2D eigenvalue weighted by Crippen LogP contribution is -1.74. The second-order valence-corrected chi connectivity index (χ2v) is 3.91. The Kier molecular flexibility index (Phi) is 7.40. The van der Waals surface area contributed by atoms with Gasteiger partial charge < -0.3 is 0 Å². The molecule has 0 aromatic carbocycles. The molecule has 1 heteroatoms. The highest BCUT2D eigenvalue weighted by molar-refractivity contribution is 7.43. The second kappa shape index (κ2) is 7.28. The Bertz CT molecular complexity index is 94.9. The van der Waals surface area contributed by atoms with E-state index in [1.807, 2.05) is 0 Å². The van der Waals surface area contributed by atoms with Crippen LogP contribution in [0.5, 0.6) is 0 Å². The van der Waals surface area contributed by atoms with Crippen molar-refractivity contribution in [2.45, 2.75) is 40.0 Å². The van der Waals surface area contributed by atoms with Crippen LogP contribution in [0.25, 0.3) is 0 Å².